The first-order valence-electron chi connectivity index (χ1n) is 12.4. The van der Waals surface area contributed by atoms with Gasteiger partial charge in [-0.2, -0.15) is 16.8 Å². The second kappa shape index (κ2) is 12.3. The van der Waals surface area contributed by atoms with Crippen LogP contribution in [0.2, 0.25) is 20.1 Å². The number of aromatic nitrogens is 2. The highest BCUT2D eigenvalue weighted by molar-refractivity contribution is 7.86. The van der Waals surface area contributed by atoms with Gasteiger partial charge in [0.15, 0.2) is 11.0 Å². The summed E-state index contributed by atoms with van der Waals surface area (Å²) in [7, 11) is -8.52. The van der Waals surface area contributed by atoms with Crippen LogP contribution in [0.1, 0.15) is 19.7 Å². The molecule has 3 aromatic rings. The SMILES string of the molecule is CCN1C(=CC=Cc2n(CC)c3cc(Cl)c(Cl)cc3[n+]2CCS(=O)(=O)O)N(CCS(=O)(=O)O)c2cc(Cl)c(Cl)cc21. The van der Waals surface area contributed by atoms with Gasteiger partial charge in [-0.1, -0.05) is 52.5 Å². The Hall–Kier alpha value is -2.03. The fraction of sp³-hybridized carbons (Fsp3) is 0.320. The highest BCUT2D eigenvalue weighted by Crippen LogP contribution is 2.45. The van der Waals surface area contributed by atoms with Crippen molar-refractivity contribution in [2.24, 2.45) is 0 Å². The van der Waals surface area contributed by atoms with Gasteiger partial charge in [-0.25, -0.2) is 9.13 Å². The monoisotopic (exact) mass is 683 g/mol. The standard InChI is InChI=1S/C25H26Cl4N4O6S2/c1-3-30-20-12-16(26)18(28)14-22(20)32(8-10-40(34,35)36)24(30)6-5-7-25-31(4-2)21-13-17(27)19(29)15-23(21)33(25)9-11-41(37,38)39/h5-7,12-15H,3-4,8-11H2,1-2H3,(H-,34,35,36,37,38,39)/p+1. The molecule has 10 nitrogen and oxygen atoms in total. The third-order valence-corrected chi connectivity index (χ3v) is 9.41. The normalized spacial score (nSPS) is 15.2. The van der Waals surface area contributed by atoms with E-state index in [1.807, 2.05) is 23.3 Å². The maximum atomic E-state index is 11.6. The minimum Gasteiger partial charge on any atom is -0.326 e. The molecule has 0 bridgehead atoms. The molecule has 0 aliphatic carbocycles. The molecule has 16 heteroatoms. The van der Waals surface area contributed by atoms with Crippen LogP contribution in [-0.2, 0) is 33.3 Å². The molecule has 41 heavy (non-hydrogen) atoms. The molecule has 0 atom stereocenters. The minimum atomic E-state index is -4.26. The van der Waals surface area contributed by atoms with Gasteiger partial charge in [0, 0.05) is 31.3 Å². The van der Waals surface area contributed by atoms with E-state index in [2.05, 4.69) is 0 Å². The fourth-order valence-electron chi connectivity index (χ4n) is 4.83. The predicted octanol–water partition coefficient (Wildman–Crippen LogP) is 5.54. The third kappa shape index (κ3) is 6.97. The Kier molecular flexibility index (Phi) is 9.56. The van der Waals surface area contributed by atoms with Crippen LogP contribution in [0.25, 0.3) is 17.1 Å². The van der Waals surface area contributed by atoms with Gasteiger partial charge in [-0.3, -0.25) is 9.11 Å². The average Bonchev–Trinajstić information content (AvgIpc) is 3.31. The zero-order valence-corrected chi connectivity index (χ0v) is 26.6. The Bertz CT molecular complexity index is 1790. The average molecular weight is 685 g/mol. The molecule has 0 spiro atoms. The molecule has 0 unspecified atom stereocenters. The lowest BCUT2D eigenvalue weighted by molar-refractivity contribution is -0.669. The molecule has 1 aliphatic rings. The van der Waals surface area contributed by atoms with E-state index in [9.17, 15) is 25.9 Å². The van der Waals surface area contributed by atoms with Crippen molar-refractivity contribution in [1.82, 2.24) is 4.57 Å². The molecule has 4 rings (SSSR count). The van der Waals surface area contributed by atoms with Crippen LogP contribution in [0, 0.1) is 0 Å². The highest BCUT2D eigenvalue weighted by atomic mass is 35.5. The Labute approximate surface area is 258 Å². The molecule has 0 radical (unpaired) electrons. The van der Waals surface area contributed by atoms with Crippen molar-refractivity contribution in [3.63, 3.8) is 0 Å². The summed E-state index contributed by atoms with van der Waals surface area (Å²) in [4.78, 5) is 3.65. The molecular weight excluding hydrogens is 658 g/mol. The number of nitrogens with zero attached hydrogens (tertiary/aromatic N) is 4. The molecule has 222 valence electrons. The van der Waals surface area contributed by atoms with E-state index in [1.54, 1.807) is 52.0 Å². The molecule has 0 saturated heterocycles. The first kappa shape index (κ1) is 31.9. The Morgan fingerprint density at radius 3 is 1.93 bits per heavy atom. The number of aryl methyl sites for hydroxylation is 2. The quantitative estimate of drug-likeness (QED) is 0.211. The third-order valence-electron chi connectivity index (χ3n) is 6.57. The van der Waals surface area contributed by atoms with E-state index in [-0.39, 0.29) is 13.1 Å². The van der Waals surface area contributed by atoms with E-state index >= 15 is 0 Å². The van der Waals surface area contributed by atoms with Crippen LogP contribution in [0.5, 0.6) is 0 Å². The maximum absolute atomic E-state index is 11.6. The van der Waals surface area contributed by atoms with Gasteiger partial charge in [0.1, 0.15) is 18.1 Å². The van der Waals surface area contributed by atoms with Crippen molar-refractivity contribution >= 4 is 95.1 Å². The lowest BCUT2D eigenvalue weighted by Crippen LogP contribution is -2.39. The van der Waals surface area contributed by atoms with Crippen molar-refractivity contribution < 1.29 is 30.5 Å². The molecule has 1 aliphatic heterocycles. The second-order valence-corrected chi connectivity index (χ2v) is 13.9. The van der Waals surface area contributed by atoms with E-state index in [0.29, 0.717) is 67.2 Å². The highest BCUT2D eigenvalue weighted by Gasteiger charge is 2.32. The summed E-state index contributed by atoms with van der Waals surface area (Å²) in [5, 5.41) is 1.25. The number of benzene rings is 2. The van der Waals surface area contributed by atoms with Crippen molar-refractivity contribution in [2.45, 2.75) is 26.9 Å². The van der Waals surface area contributed by atoms with Crippen molar-refractivity contribution in [3.05, 3.63) is 68.2 Å². The van der Waals surface area contributed by atoms with Gasteiger partial charge in [0.05, 0.1) is 43.8 Å². The van der Waals surface area contributed by atoms with Gasteiger partial charge in [-0.15, -0.1) is 0 Å². The first-order chi connectivity index (χ1) is 19.1. The number of hydrogen-bond acceptors (Lipinski definition) is 6. The summed E-state index contributed by atoms with van der Waals surface area (Å²) in [6.07, 6.45) is 5.27. The molecule has 2 N–H and O–H groups in total. The van der Waals surface area contributed by atoms with Gasteiger partial charge >= 0.3 is 0 Å². The molecule has 2 aromatic carbocycles. The molecule has 0 fully saturated rings. The zero-order valence-electron chi connectivity index (χ0n) is 21.9. The Morgan fingerprint density at radius 1 is 0.805 bits per heavy atom. The second-order valence-electron chi connectivity index (χ2n) is 9.12. The summed E-state index contributed by atoms with van der Waals surface area (Å²) in [6, 6.07) is 6.67. The van der Waals surface area contributed by atoms with Crippen LogP contribution in [0.4, 0.5) is 11.4 Å². The summed E-state index contributed by atoms with van der Waals surface area (Å²) in [6.45, 7) is 4.74. The van der Waals surface area contributed by atoms with Crippen molar-refractivity contribution in [1.29, 1.82) is 0 Å². The van der Waals surface area contributed by atoms with Crippen LogP contribution in [0.15, 0.2) is 42.2 Å². The Balaban J connectivity index is 1.85. The maximum Gasteiger partial charge on any atom is 0.282 e. The molecule has 0 saturated carbocycles. The summed E-state index contributed by atoms with van der Waals surface area (Å²) < 4.78 is 68.9. The summed E-state index contributed by atoms with van der Waals surface area (Å²) >= 11 is 25.1. The number of rotatable bonds is 10. The number of allylic oxidation sites excluding steroid dienone is 2. The van der Waals surface area contributed by atoms with Crippen LogP contribution in [-0.4, -0.2) is 55.1 Å². The van der Waals surface area contributed by atoms with Crippen molar-refractivity contribution in [2.75, 3.05) is 34.4 Å². The largest absolute Gasteiger partial charge is 0.326 e. The fourth-order valence-corrected chi connectivity index (χ4v) is 6.29. The predicted molar refractivity (Wildman–Crippen MR) is 165 cm³/mol. The van der Waals surface area contributed by atoms with E-state index < -0.39 is 31.7 Å². The van der Waals surface area contributed by atoms with Gasteiger partial charge < -0.3 is 9.80 Å². The van der Waals surface area contributed by atoms with Gasteiger partial charge in [0.25, 0.3) is 26.1 Å². The van der Waals surface area contributed by atoms with Gasteiger partial charge in [-0.05, 0) is 32.1 Å². The molecular formula is C25H27Cl4N4O6S2+. The van der Waals surface area contributed by atoms with Crippen molar-refractivity contribution in [3.8, 4) is 0 Å². The number of anilines is 2. The summed E-state index contributed by atoms with van der Waals surface area (Å²) in [5.41, 5.74) is 2.68. The summed E-state index contributed by atoms with van der Waals surface area (Å²) in [5.74, 6) is 0.171. The zero-order chi connectivity index (χ0) is 30.3. The van der Waals surface area contributed by atoms with E-state index in [0.717, 1.165) is 0 Å². The lowest BCUT2D eigenvalue weighted by atomic mass is 10.2. The van der Waals surface area contributed by atoms with Crippen LogP contribution >= 0.6 is 46.4 Å². The van der Waals surface area contributed by atoms with Gasteiger partial charge in [0.2, 0.25) is 0 Å². The van der Waals surface area contributed by atoms with Crippen LogP contribution < -0.4 is 14.4 Å². The number of halogens is 4. The Morgan fingerprint density at radius 2 is 1.37 bits per heavy atom. The number of fused-ring (bicyclic) bond motifs is 2. The van der Waals surface area contributed by atoms with E-state index in [1.165, 1.54) is 0 Å². The van der Waals surface area contributed by atoms with E-state index in [4.69, 9.17) is 46.4 Å². The molecule has 2 heterocycles. The lowest BCUT2D eigenvalue weighted by Gasteiger charge is -2.24. The number of imidazole rings is 1. The number of hydrogen-bond donors (Lipinski definition) is 2. The first-order valence-corrected chi connectivity index (χ1v) is 17.1. The molecule has 0 amide bonds. The molecule has 1 aromatic heterocycles. The minimum absolute atomic E-state index is 0.0550. The smallest absolute Gasteiger partial charge is 0.282 e. The topological polar surface area (TPSA) is 124 Å². The van der Waals surface area contributed by atoms with Crippen LogP contribution in [0.3, 0.4) is 0 Å².